The molecule has 1 fully saturated rings. The first-order valence-corrected chi connectivity index (χ1v) is 12.3. The molecule has 3 atom stereocenters. The van der Waals surface area contributed by atoms with E-state index in [4.69, 9.17) is 32.7 Å². The predicted molar refractivity (Wildman–Crippen MR) is 121 cm³/mol. The van der Waals surface area contributed by atoms with Crippen molar-refractivity contribution >= 4 is 39.3 Å². The van der Waals surface area contributed by atoms with E-state index in [1.807, 2.05) is 20.8 Å². The van der Waals surface area contributed by atoms with Crippen LogP contribution in [0.3, 0.4) is 0 Å². The van der Waals surface area contributed by atoms with Crippen LogP contribution in [0, 0.1) is 5.41 Å². The van der Waals surface area contributed by atoms with Crippen molar-refractivity contribution in [2.45, 2.75) is 38.9 Å². The molecule has 1 aliphatic heterocycles. The predicted octanol–water partition coefficient (Wildman–Crippen LogP) is 3.44. The molecule has 31 heavy (non-hydrogen) atoms. The van der Waals surface area contributed by atoms with Crippen LogP contribution in [0.5, 0.6) is 0 Å². The molecule has 0 bridgehead atoms. The molecular weight excluding hydrogens is 467 g/mol. The number of carboxylic acid groups (broad SMARTS) is 1. The van der Waals surface area contributed by atoms with Crippen LogP contribution in [0.4, 0.5) is 4.79 Å². The summed E-state index contributed by atoms with van der Waals surface area (Å²) in [4.78, 5) is 13.2. The second-order valence-electron chi connectivity index (χ2n) is 8.66. The molecule has 1 aromatic rings. The average Bonchev–Trinajstić information content (AvgIpc) is 2.87. The normalized spacial score (nSPS) is 22.9. The smallest absolute Gasteiger partial charge is 0.407 e. The number of ether oxygens (including phenoxy) is 2. The molecule has 2 rings (SSSR count). The molecule has 0 aromatic heterocycles. The van der Waals surface area contributed by atoms with Crippen LogP contribution in [0.25, 0.3) is 0 Å². The lowest BCUT2D eigenvalue weighted by molar-refractivity contribution is -0.0631. The lowest BCUT2D eigenvalue weighted by Gasteiger charge is -2.34. The monoisotopic (exact) mass is 496 g/mol. The zero-order chi connectivity index (χ0) is 23.4. The fraction of sp³-hybridized carbons (Fsp3) is 0.650. The Labute approximate surface area is 193 Å². The van der Waals surface area contributed by atoms with Crippen LogP contribution < -0.4 is 4.72 Å². The van der Waals surface area contributed by atoms with Gasteiger partial charge in [0, 0.05) is 26.1 Å². The summed E-state index contributed by atoms with van der Waals surface area (Å²) < 4.78 is 38.4. The highest BCUT2D eigenvalue weighted by atomic mass is 35.5. The van der Waals surface area contributed by atoms with Gasteiger partial charge in [-0.25, -0.2) is 17.9 Å². The largest absolute Gasteiger partial charge is 0.465 e. The van der Waals surface area contributed by atoms with Gasteiger partial charge in [-0.1, -0.05) is 50.0 Å². The van der Waals surface area contributed by atoms with E-state index in [-0.39, 0.29) is 37.4 Å². The van der Waals surface area contributed by atoms with E-state index in [1.165, 1.54) is 12.0 Å². The molecule has 0 aliphatic carbocycles. The molecule has 11 heteroatoms. The molecular formula is C20H30Cl2N2O6S. The van der Waals surface area contributed by atoms with Crippen molar-refractivity contribution in [3.05, 3.63) is 33.8 Å². The third kappa shape index (κ3) is 7.47. The quantitative estimate of drug-likeness (QED) is 0.598. The molecule has 1 amide bonds. The number of nitrogens with zero attached hydrogens (tertiary/aromatic N) is 1. The van der Waals surface area contributed by atoms with E-state index >= 15 is 0 Å². The van der Waals surface area contributed by atoms with Gasteiger partial charge in [0.1, 0.15) is 0 Å². The summed E-state index contributed by atoms with van der Waals surface area (Å²) in [6, 6.07) is 5.06. The van der Waals surface area contributed by atoms with E-state index in [0.717, 1.165) is 5.56 Å². The van der Waals surface area contributed by atoms with Crippen molar-refractivity contribution in [3.8, 4) is 0 Å². The fourth-order valence-electron chi connectivity index (χ4n) is 3.34. The van der Waals surface area contributed by atoms with Crippen LogP contribution in [-0.2, 0) is 19.5 Å². The van der Waals surface area contributed by atoms with Crippen LogP contribution in [0.1, 0.15) is 32.3 Å². The second-order valence-corrected chi connectivity index (χ2v) is 11.4. The molecule has 1 aliphatic rings. The zero-order valence-corrected chi connectivity index (χ0v) is 20.4. The molecule has 1 saturated heterocycles. The average molecular weight is 497 g/mol. The molecule has 8 nitrogen and oxygen atoms in total. The van der Waals surface area contributed by atoms with Gasteiger partial charge < -0.3 is 19.5 Å². The number of hydrogen-bond acceptors (Lipinski definition) is 5. The van der Waals surface area contributed by atoms with Gasteiger partial charge in [0.15, 0.2) is 0 Å². The van der Waals surface area contributed by atoms with Crippen molar-refractivity contribution in [2.75, 3.05) is 39.1 Å². The Morgan fingerprint density at radius 2 is 1.97 bits per heavy atom. The highest BCUT2D eigenvalue weighted by molar-refractivity contribution is 7.89. The topological polar surface area (TPSA) is 105 Å². The maximum absolute atomic E-state index is 12.3. The van der Waals surface area contributed by atoms with Gasteiger partial charge in [-0.05, 0) is 23.1 Å². The van der Waals surface area contributed by atoms with Crippen molar-refractivity contribution in [3.63, 3.8) is 0 Å². The number of rotatable bonds is 7. The van der Waals surface area contributed by atoms with Gasteiger partial charge in [0.05, 0.1) is 41.2 Å². The van der Waals surface area contributed by atoms with Gasteiger partial charge in [-0.15, -0.1) is 0 Å². The van der Waals surface area contributed by atoms with Gasteiger partial charge in [0.25, 0.3) is 0 Å². The van der Waals surface area contributed by atoms with Crippen molar-refractivity contribution < 1.29 is 27.8 Å². The Bertz CT molecular complexity index is 875. The summed E-state index contributed by atoms with van der Waals surface area (Å²) in [6.07, 6.45) is -2.13. The number of methoxy groups -OCH3 is 1. The molecule has 2 N–H and O–H groups in total. The van der Waals surface area contributed by atoms with Crippen LogP contribution >= 0.6 is 23.2 Å². The van der Waals surface area contributed by atoms with Gasteiger partial charge in [-0.3, -0.25) is 0 Å². The van der Waals surface area contributed by atoms with Crippen molar-refractivity contribution in [2.24, 2.45) is 5.41 Å². The number of sulfonamides is 1. The van der Waals surface area contributed by atoms with Crippen LogP contribution in [0.2, 0.25) is 10.0 Å². The summed E-state index contributed by atoms with van der Waals surface area (Å²) in [7, 11) is -2.16. The maximum Gasteiger partial charge on any atom is 0.407 e. The zero-order valence-electron chi connectivity index (χ0n) is 18.1. The third-order valence-corrected chi connectivity index (χ3v) is 7.31. The van der Waals surface area contributed by atoms with Crippen LogP contribution in [0.15, 0.2) is 18.2 Å². The first-order chi connectivity index (χ1) is 14.3. The van der Waals surface area contributed by atoms with Crippen molar-refractivity contribution in [1.29, 1.82) is 0 Å². The minimum atomic E-state index is -3.59. The third-order valence-electron chi connectivity index (χ3n) is 5.26. The Hall–Kier alpha value is -1.10. The molecule has 1 heterocycles. The molecule has 1 unspecified atom stereocenters. The highest BCUT2D eigenvalue weighted by Gasteiger charge is 2.40. The molecule has 0 saturated carbocycles. The van der Waals surface area contributed by atoms with E-state index in [2.05, 4.69) is 4.72 Å². The second kappa shape index (κ2) is 10.7. The number of halogens is 2. The molecule has 1 aromatic carbocycles. The Balaban J connectivity index is 2.41. The SMILES string of the molecule is COCCS(=O)(=O)NC[C@H]1OC(C(C)(C)C)CN(C(=O)O)C[C@H]1c1ccc(Cl)c(Cl)c1. The Morgan fingerprint density at radius 3 is 2.52 bits per heavy atom. The maximum atomic E-state index is 12.3. The summed E-state index contributed by atoms with van der Waals surface area (Å²) in [5, 5.41) is 10.5. The Morgan fingerprint density at radius 1 is 1.29 bits per heavy atom. The van der Waals surface area contributed by atoms with Crippen molar-refractivity contribution in [1.82, 2.24) is 9.62 Å². The minimum Gasteiger partial charge on any atom is -0.465 e. The number of benzene rings is 1. The summed E-state index contributed by atoms with van der Waals surface area (Å²) in [5.41, 5.74) is 0.351. The van der Waals surface area contributed by atoms with Gasteiger partial charge in [-0.2, -0.15) is 0 Å². The molecule has 0 spiro atoms. The Kier molecular flexibility index (Phi) is 9.01. The van der Waals surface area contributed by atoms with Gasteiger partial charge >= 0.3 is 6.09 Å². The van der Waals surface area contributed by atoms with E-state index < -0.39 is 34.2 Å². The number of nitrogens with one attached hydrogen (secondary N) is 1. The van der Waals surface area contributed by atoms with Gasteiger partial charge in [0.2, 0.25) is 10.0 Å². The molecule has 176 valence electrons. The minimum absolute atomic E-state index is 0.0169. The standard InChI is InChI=1S/C20H30Cl2N2O6S/c1-20(2,3)18-12-24(19(25)26)11-14(13-5-6-15(21)16(22)9-13)17(30-18)10-23-31(27,28)8-7-29-4/h5-6,9,14,17-18,23H,7-8,10-12H2,1-4H3,(H,25,26)/t14-,17+,18?/m0/s1. The summed E-state index contributed by atoms with van der Waals surface area (Å²) in [5.74, 6) is -0.638. The van der Waals surface area contributed by atoms with E-state index in [0.29, 0.717) is 10.0 Å². The first kappa shape index (κ1) is 26.2. The lowest BCUT2D eigenvalue weighted by atomic mass is 9.88. The van der Waals surface area contributed by atoms with Crippen LogP contribution in [-0.4, -0.2) is 75.8 Å². The summed E-state index contributed by atoms with van der Waals surface area (Å²) in [6.45, 7) is 6.21. The molecule has 0 radical (unpaired) electrons. The van der Waals surface area contributed by atoms with E-state index in [1.54, 1.807) is 18.2 Å². The number of carbonyl (C=O) groups is 1. The number of amides is 1. The van der Waals surface area contributed by atoms with E-state index in [9.17, 15) is 18.3 Å². The first-order valence-electron chi connectivity index (χ1n) is 9.88. The fourth-order valence-corrected chi connectivity index (χ4v) is 4.60. The lowest BCUT2D eigenvalue weighted by Crippen LogP contribution is -2.43. The number of hydrogen-bond donors (Lipinski definition) is 2. The highest BCUT2D eigenvalue weighted by Crippen LogP contribution is 2.35. The summed E-state index contributed by atoms with van der Waals surface area (Å²) >= 11 is 12.2.